The van der Waals surface area contributed by atoms with Gasteiger partial charge in [0, 0.05) is 29.9 Å². The molecule has 0 spiro atoms. The van der Waals surface area contributed by atoms with Gasteiger partial charge in [-0.2, -0.15) is 0 Å². The number of hydrogen-bond acceptors (Lipinski definition) is 8. The maximum atomic E-state index is 11.0. The van der Waals surface area contributed by atoms with Crippen molar-refractivity contribution in [3.63, 3.8) is 0 Å². The van der Waals surface area contributed by atoms with Gasteiger partial charge < -0.3 is 9.30 Å². The first-order valence-corrected chi connectivity index (χ1v) is 11.2. The Labute approximate surface area is 195 Å². The van der Waals surface area contributed by atoms with Crippen molar-refractivity contribution in [1.82, 2.24) is 24.7 Å². The third-order valence-corrected chi connectivity index (χ3v) is 5.93. The number of benzene rings is 2. The highest BCUT2D eigenvalue weighted by atomic mass is 32.2. The van der Waals surface area contributed by atoms with E-state index in [2.05, 4.69) is 20.2 Å². The molecule has 0 radical (unpaired) electrons. The minimum Gasteiger partial charge on any atom is -0.496 e. The molecule has 4 aromatic rings. The molecule has 0 amide bonds. The minimum atomic E-state index is -0.425. The van der Waals surface area contributed by atoms with Crippen LogP contribution in [-0.4, -0.2) is 36.8 Å². The third kappa shape index (κ3) is 4.70. The molecule has 0 atom stereocenters. The third-order valence-electron chi connectivity index (χ3n) is 5.03. The van der Waals surface area contributed by atoms with Gasteiger partial charge in [0.05, 0.1) is 17.6 Å². The summed E-state index contributed by atoms with van der Waals surface area (Å²) in [4.78, 5) is 19.8. The number of aryl methyl sites for hydroxylation is 1. The molecule has 10 heteroatoms. The molecule has 0 aliphatic rings. The summed E-state index contributed by atoms with van der Waals surface area (Å²) in [7, 11) is 1.63. The highest BCUT2D eigenvalue weighted by Crippen LogP contribution is 2.33. The number of nitro groups is 1. The average molecular weight is 463 g/mol. The van der Waals surface area contributed by atoms with Crippen molar-refractivity contribution >= 4 is 17.4 Å². The van der Waals surface area contributed by atoms with Gasteiger partial charge in [-0.15, -0.1) is 10.2 Å². The van der Waals surface area contributed by atoms with E-state index in [1.54, 1.807) is 19.2 Å². The molecule has 0 unspecified atom stereocenters. The van der Waals surface area contributed by atoms with Gasteiger partial charge in [0.1, 0.15) is 10.8 Å². The van der Waals surface area contributed by atoms with E-state index in [1.165, 1.54) is 23.9 Å². The van der Waals surface area contributed by atoms with Gasteiger partial charge in [0.15, 0.2) is 16.8 Å². The van der Waals surface area contributed by atoms with Crippen molar-refractivity contribution in [1.29, 1.82) is 0 Å². The Kier molecular flexibility index (Phi) is 6.64. The zero-order valence-electron chi connectivity index (χ0n) is 18.4. The molecule has 2 aromatic carbocycles. The molecule has 0 fully saturated rings. The fraction of sp³-hybridized carbons (Fsp3) is 0.217. The molecule has 33 heavy (non-hydrogen) atoms. The van der Waals surface area contributed by atoms with Gasteiger partial charge in [0.25, 0.3) is 5.69 Å². The lowest BCUT2D eigenvalue weighted by Gasteiger charge is -2.11. The fourth-order valence-corrected chi connectivity index (χ4v) is 4.26. The van der Waals surface area contributed by atoms with Gasteiger partial charge in [-0.05, 0) is 55.4 Å². The summed E-state index contributed by atoms with van der Waals surface area (Å²) < 4.78 is 7.51. The molecule has 0 saturated heterocycles. The van der Waals surface area contributed by atoms with Crippen LogP contribution in [0.25, 0.3) is 22.8 Å². The van der Waals surface area contributed by atoms with Crippen LogP contribution in [0, 0.1) is 10.1 Å². The van der Waals surface area contributed by atoms with E-state index in [0.29, 0.717) is 23.1 Å². The number of methoxy groups -OCH3 is 1. The predicted octanol–water partition coefficient (Wildman–Crippen LogP) is 5.05. The summed E-state index contributed by atoms with van der Waals surface area (Å²) in [6.07, 6.45) is 0.725. The Morgan fingerprint density at radius 1 is 1.06 bits per heavy atom. The summed E-state index contributed by atoms with van der Waals surface area (Å²) in [5, 5.41) is 21.2. The minimum absolute atomic E-state index is 0.0277. The number of ether oxygens (including phenoxy) is 1. The van der Waals surface area contributed by atoms with Crippen LogP contribution in [0.3, 0.4) is 0 Å². The predicted molar refractivity (Wildman–Crippen MR) is 125 cm³/mol. The van der Waals surface area contributed by atoms with E-state index < -0.39 is 4.92 Å². The van der Waals surface area contributed by atoms with Crippen molar-refractivity contribution in [2.45, 2.75) is 37.0 Å². The largest absolute Gasteiger partial charge is 0.496 e. The molecule has 0 aliphatic carbocycles. The number of aromatic nitrogens is 5. The highest BCUT2D eigenvalue weighted by Gasteiger charge is 2.18. The first kappa shape index (κ1) is 22.4. The lowest BCUT2D eigenvalue weighted by molar-refractivity contribution is -0.384. The Bertz CT molecular complexity index is 1290. The zero-order chi connectivity index (χ0) is 23.4. The van der Waals surface area contributed by atoms with Gasteiger partial charge in [-0.1, -0.05) is 19.1 Å². The van der Waals surface area contributed by atoms with Gasteiger partial charge in [0.2, 0.25) is 0 Å². The normalized spacial score (nSPS) is 10.9. The smallest absolute Gasteiger partial charge is 0.269 e. The number of nitrogens with zero attached hydrogens (tertiary/aromatic N) is 6. The molecule has 0 aliphatic heterocycles. The first-order valence-electron chi connectivity index (χ1n) is 10.4. The molecule has 0 saturated carbocycles. The zero-order valence-corrected chi connectivity index (χ0v) is 19.2. The van der Waals surface area contributed by atoms with Crippen LogP contribution < -0.4 is 4.74 Å². The van der Waals surface area contributed by atoms with E-state index in [0.717, 1.165) is 34.3 Å². The van der Waals surface area contributed by atoms with Gasteiger partial charge >= 0.3 is 0 Å². The monoisotopic (exact) mass is 462 g/mol. The molecule has 9 nitrogen and oxygen atoms in total. The summed E-state index contributed by atoms with van der Waals surface area (Å²) >= 11 is 1.40. The van der Waals surface area contributed by atoms with Crippen molar-refractivity contribution < 1.29 is 9.66 Å². The van der Waals surface area contributed by atoms with E-state index in [9.17, 15) is 10.1 Å². The van der Waals surface area contributed by atoms with Crippen LogP contribution in [0.4, 0.5) is 5.69 Å². The molecule has 0 N–H and O–H groups in total. The standard InChI is InChI=1S/C23H22N6O3S/c1-4-16-14-20(25-21(24-16)15-10-12-17(13-11-15)29(30)31)33-23-27-26-22(28(23)5-2)18-8-6-7-9-19(18)32-3/h6-14H,4-5H2,1-3H3. The average Bonchev–Trinajstić information content (AvgIpc) is 3.25. The Morgan fingerprint density at radius 3 is 2.48 bits per heavy atom. The molecule has 2 heterocycles. The van der Waals surface area contributed by atoms with Crippen LogP contribution in [0.2, 0.25) is 0 Å². The summed E-state index contributed by atoms with van der Waals surface area (Å²) in [6.45, 7) is 4.72. The number of rotatable bonds is 8. The quantitative estimate of drug-likeness (QED) is 0.203. The summed E-state index contributed by atoms with van der Waals surface area (Å²) in [5.74, 6) is 1.96. The van der Waals surface area contributed by atoms with Crippen LogP contribution in [0.15, 0.2) is 64.8 Å². The van der Waals surface area contributed by atoms with E-state index >= 15 is 0 Å². The second-order valence-electron chi connectivity index (χ2n) is 7.03. The van der Waals surface area contributed by atoms with Crippen molar-refractivity contribution in [2.75, 3.05) is 7.11 Å². The van der Waals surface area contributed by atoms with Crippen molar-refractivity contribution in [2.24, 2.45) is 0 Å². The number of nitro benzene ring substituents is 1. The molecular weight excluding hydrogens is 440 g/mol. The van der Waals surface area contributed by atoms with Crippen LogP contribution in [0.5, 0.6) is 5.75 Å². The second-order valence-corrected chi connectivity index (χ2v) is 8.02. The number of non-ortho nitro benzene ring substituents is 1. The molecule has 4 rings (SSSR count). The highest BCUT2D eigenvalue weighted by molar-refractivity contribution is 7.99. The lowest BCUT2D eigenvalue weighted by atomic mass is 10.2. The second kappa shape index (κ2) is 9.78. The Morgan fingerprint density at radius 2 is 1.82 bits per heavy atom. The lowest BCUT2D eigenvalue weighted by Crippen LogP contribution is -2.02. The summed E-state index contributed by atoms with van der Waals surface area (Å²) in [6, 6.07) is 15.9. The van der Waals surface area contributed by atoms with E-state index in [4.69, 9.17) is 4.74 Å². The SMILES string of the molecule is CCc1cc(Sc2nnc(-c3ccccc3OC)n2CC)nc(-c2ccc([N+](=O)[O-])cc2)n1. The molecule has 0 bridgehead atoms. The number of para-hydroxylation sites is 1. The molecule has 168 valence electrons. The van der Waals surface area contributed by atoms with Crippen molar-refractivity contribution in [3.05, 3.63) is 70.4 Å². The Balaban J connectivity index is 1.70. The molecular formula is C23H22N6O3S. The topological polar surface area (TPSA) is 109 Å². The molecule has 2 aromatic heterocycles. The van der Waals surface area contributed by atoms with E-state index in [-0.39, 0.29) is 5.69 Å². The van der Waals surface area contributed by atoms with Crippen LogP contribution in [0.1, 0.15) is 19.5 Å². The fourth-order valence-electron chi connectivity index (χ4n) is 3.34. The Hall–Kier alpha value is -3.79. The first-order chi connectivity index (χ1) is 16.0. The maximum absolute atomic E-state index is 11.0. The number of hydrogen-bond donors (Lipinski definition) is 0. The summed E-state index contributed by atoms with van der Waals surface area (Å²) in [5.41, 5.74) is 2.47. The van der Waals surface area contributed by atoms with Crippen LogP contribution >= 0.6 is 11.8 Å². The van der Waals surface area contributed by atoms with Crippen LogP contribution in [-0.2, 0) is 13.0 Å². The van der Waals surface area contributed by atoms with Crippen molar-refractivity contribution in [3.8, 4) is 28.5 Å². The van der Waals surface area contributed by atoms with Gasteiger partial charge in [-0.25, -0.2) is 9.97 Å². The van der Waals surface area contributed by atoms with Gasteiger partial charge in [-0.3, -0.25) is 10.1 Å². The maximum Gasteiger partial charge on any atom is 0.269 e. The van der Waals surface area contributed by atoms with E-state index in [1.807, 2.05) is 48.7 Å².